The van der Waals surface area contributed by atoms with Crippen molar-refractivity contribution >= 4 is 35.4 Å². The summed E-state index contributed by atoms with van der Waals surface area (Å²) in [4.78, 5) is 36.7. The molecule has 9 heteroatoms. The highest BCUT2D eigenvalue weighted by molar-refractivity contribution is 6.30. The molecular formula is C22H27ClFN3O4. The molecule has 3 atom stereocenters. The minimum absolute atomic E-state index is 0.192. The van der Waals surface area contributed by atoms with Gasteiger partial charge in [-0.3, -0.25) is 14.4 Å². The van der Waals surface area contributed by atoms with Crippen LogP contribution in [0.1, 0.15) is 44.1 Å². The van der Waals surface area contributed by atoms with E-state index in [0.717, 1.165) is 37.8 Å². The van der Waals surface area contributed by atoms with Crippen LogP contribution in [0, 0.1) is 17.7 Å². The molecule has 3 rings (SSSR count). The summed E-state index contributed by atoms with van der Waals surface area (Å²) in [6, 6.07) is 2.47. The quantitative estimate of drug-likeness (QED) is 0.384. The van der Waals surface area contributed by atoms with E-state index in [1.807, 2.05) is 0 Å². The molecule has 2 saturated carbocycles. The van der Waals surface area contributed by atoms with Crippen LogP contribution in [0.3, 0.4) is 0 Å². The third kappa shape index (κ3) is 7.33. The van der Waals surface area contributed by atoms with Gasteiger partial charge in [-0.25, -0.2) is 4.39 Å². The van der Waals surface area contributed by atoms with Gasteiger partial charge in [0.25, 0.3) is 0 Å². The van der Waals surface area contributed by atoms with E-state index in [0.29, 0.717) is 24.7 Å². The Morgan fingerprint density at radius 3 is 2.39 bits per heavy atom. The first kappa shape index (κ1) is 23.2. The van der Waals surface area contributed by atoms with Crippen LogP contribution in [-0.2, 0) is 14.4 Å². The molecule has 0 aliphatic heterocycles. The Bertz CT molecular complexity index is 870. The predicted molar refractivity (Wildman–Crippen MR) is 114 cm³/mol. The summed E-state index contributed by atoms with van der Waals surface area (Å²) in [5.74, 6) is -1.82. The normalized spacial score (nSPS) is 18.9. The number of carbonyl (C=O) groups excluding carboxylic acids is 3. The van der Waals surface area contributed by atoms with Crippen LogP contribution in [0.5, 0.6) is 0 Å². The van der Waals surface area contributed by atoms with Crippen LogP contribution in [-0.4, -0.2) is 41.0 Å². The lowest BCUT2D eigenvalue weighted by Crippen LogP contribution is -2.55. The van der Waals surface area contributed by atoms with Gasteiger partial charge < -0.3 is 21.5 Å². The monoisotopic (exact) mass is 451 g/mol. The highest BCUT2D eigenvalue weighted by Gasteiger charge is 2.36. The topological polar surface area (TPSA) is 122 Å². The van der Waals surface area contributed by atoms with Crippen LogP contribution in [0.25, 0.3) is 6.08 Å². The van der Waals surface area contributed by atoms with Crippen molar-refractivity contribution in [3.05, 3.63) is 40.7 Å². The SMILES string of the molecule is NC(=O)C(O)C(CC1CC1)NC(=O)[C@H](CC1CC1)NC(=O)/C=C/c1ccc(Cl)cc1F. The number of nitrogens with one attached hydrogen (secondary N) is 2. The van der Waals surface area contributed by atoms with E-state index in [1.54, 1.807) is 0 Å². The number of benzene rings is 1. The first-order valence-corrected chi connectivity index (χ1v) is 10.8. The third-order valence-corrected chi connectivity index (χ3v) is 5.80. The number of amides is 3. The Kier molecular flexibility index (Phi) is 7.67. The first-order chi connectivity index (χ1) is 14.7. The molecule has 1 aromatic carbocycles. The first-order valence-electron chi connectivity index (χ1n) is 10.4. The van der Waals surface area contributed by atoms with Crippen molar-refractivity contribution in [2.45, 2.75) is 56.7 Å². The van der Waals surface area contributed by atoms with Gasteiger partial charge in [-0.2, -0.15) is 0 Å². The number of hydrogen-bond donors (Lipinski definition) is 4. The lowest BCUT2D eigenvalue weighted by atomic mass is 10.0. The highest BCUT2D eigenvalue weighted by atomic mass is 35.5. The third-order valence-electron chi connectivity index (χ3n) is 5.56. The number of nitrogens with two attached hydrogens (primary N) is 1. The standard InChI is InChI=1S/C22H27ClFN3O4/c23-15-7-5-14(16(24)11-15)6-8-19(28)26-18(10-13-3-4-13)22(31)27-17(9-12-1-2-12)20(29)21(25)30/h5-8,11-13,17-18,20,29H,1-4,9-10H2,(H2,25,30)(H,26,28)(H,27,31)/b8-6+/t17?,18-,20?/m0/s1. The molecule has 2 aliphatic rings. The van der Waals surface area contributed by atoms with Crippen molar-refractivity contribution < 1.29 is 23.9 Å². The molecule has 0 saturated heterocycles. The summed E-state index contributed by atoms with van der Waals surface area (Å²) in [7, 11) is 0. The zero-order chi connectivity index (χ0) is 22.5. The molecule has 2 aliphatic carbocycles. The maximum absolute atomic E-state index is 13.9. The van der Waals surface area contributed by atoms with Gasteiger partial charge in [-0.15, -0.1) is 0 Å². The summed E-state index contributed by atoms with van der Waals surface area (Å²) in [5.41, 5.74) is 5.41. The molecule has 31 heavy (non-hydrogen) atoms. The summed E-state index contributed by atoms with van der Waals surface area (Å²) in [5, 5.41) is 15.7. The fraction of sp³-hybridized carbons (Fsp3) is 0.500. The van der Waals surface area contributed by atoms with Crippen LogP contribution in [0.4, 0.5) is 4.39 Å². The maximum Gasteiger partial charge on any atom is 0.248 e. The molecule has 0 radical (unpaired) electrons. The number of aliphatic hydroxyl groups excluding tert-OH is 1. The average molecular weight is 452 g/mol. The Morgan fingerprint density at radius 1 is 1.16 bits per heavy atom. The Hall–Kier alpha value is -2.45. The average Bonchev–Trinajstić information content (AvgIpc) is 3.61. The predicted octanol–water partition coefficient (Wildman–Crippen LogP) is 1.91. The largest absolute Gasteiger partial charge is 0.381 e. The second-order valence-corrected chi connectivity index (χ2v) is 8.82. The molecule has 0 heterocycles. The summed E-state index contributed by atoms with van der Waals surface area (Å²) >= 11 is 5.72. The fourth-order valence-corrected chi connectivity index (χ4v) is 3.56. The molecule has 0 aromatic heterocycles. The second kappa shape index (κ2) is 10.2. The van der Waals surface area contributed by atoms with E-state index < -0.39 is 41.7 Å². The van der Waals surface area contributed by atoms with Crippen molar-refractivity contribution in [3.63, 3.8) is 0 Å². The van der Waals surface area contributed by atoms with E-state index in [-0.39, 0.29) is 10.6 Å². The summed E-state index contributed by atoms with van der Waals surface area (Å²) in [6.07, 6.45) is 5.77. The second-order valence-electron chi connectivity index (χ2n) is 8.38. The minimum atomic E-state index is -1.49. The van der Waals surface area contributed by atoms with Gasteiger partial charge in [-0.1, -0.05) is 43.4 Å². The molecule has 7 nitrogen and oxygen atoms in total. The molecule has 5 N–H and O–H groups in total. The zero-order valence-electron chi connectivity index (χ0n) is 17.0. The summed E-state index contributed by atoms with van der Waals surface area (Å²) in [6.45, 7) is 0. The number of rotatable bonds is 11. The Balaban J connectivity index is 1.63. The van der Waals surface area contributed by atoms with Gasteiger partial charge >= 0.3 is 0 Å². The Morgan fingerprint density at radius 2 is 1.81 bits per heavy atom. The Labute approximate surface area is 185 Å². The number of hydrogen-bond acceptors (Lipinski definition) is 4. The number of halogens is 2. The van der Waals surface area contributed by atoms with E-state index >= 15 is 0 Å². The van der Waals surface area contributed by atoms with Gasteiger partial charge in [0.2, 0.25) is 17.7 Å². The van der Waals surface area contributed by atoms with Crippen LogP contribution >= 0.6 is 11.6 Å². The van der Waals surface area contributed by atoms with Crippen molar-refractivity contribution in [2.24, 2.45) is 17.6 Å². The number of carbonyl (C=O) groups is 3. The number of primary amides is 1. The molecular weight excluding hydrogens is 425 g/mol. The van der Waals surface area contributed by atoms with Gasteiger partial charge in [0.1, 0.15) is 11.9 Å². The van der Waals surface area contributed by atoms with Crippen LogP contribution in [0.15, 0.2) is 24.3 Å². The van der Waals surface area contributed by atoms with Crippen molar-refractivity contribution in [3.8, 4) is 0 Å². The minimum Gasteiger partial charge on any atom is -0.381 e. The smallest absolute Gasteiger partial charge is 0.248 e. The van der Waals surface area contributed by atoms with Crippen LogP contribution in [0.2, 0.25) is 5.02 Å². The summed E-state index contributed by atoms with van der Waals surface area (Å²) < 4.78 is 13.9. The van der Waals surface area contributed by atoms with Crippen molar-refractivity contribution in [1.82, 2.24) is 10.6 Å². The van der Waals surface area contributed by atoms with E-state index in [1.165, 1.54) is 18.2 Å². The van der Waals surface area contributed by atoms with Crippen LogP contribution < -0.4 is 16.4 Å². The van der Waals surface area contributed by atoms with Crippen molar-refractivity contribution in [2.75, 3.05) is 0 Å². The van der Waals surface area contributed by atoms with E-state index in [4.69, 9.17) is 17.3 Å². The highest BCUT2D eigenvalue weighted by Crippen LogP contribution is 2.35. The lowest BCUT2D eigenvalue weighted by Gasteiger charge is -2.25. The van der Waals surface area contributed by atoms with Gasteiger partial charge in [0, 0.05) is 16.7 Å². The molecule has 2 unspecified atom stereocenters. The van der Waals surface area contributed by atoms with Gasteiger partial charge in [-0.05, 0) is 42.9 Å². The molecule has 0 bridgehead atoms. The molecule has 1 aromatic rings. The van der Waals surface area contributed by atoms with E-state index in [9.17, 15) is 23.9 Å². The molecule has 168 valence electrons. The molecule has 0 spiro atoms. The zero-order valence-corrected chi connectivity index (χ0v) is 17.8. The number of aliphatic hydroxyl groups is 1. The fourth-order valence-electron chi connectivity index (χ4n) is 3.40. The molecule has 2 fully saturated rings. The van der Waals surface area contributed by atoms with Crippen molar-refractivity contribution in [1.29, 1.82) is 0 Å². The molecule has 3 amide bonds. The van der Waals surface area contributed by atoms with E-state index in [2.05, 4.69) is 10.6 Å². The van der Waals surface area contributed by atoms with Gasteiger partial charge in [0.15, 0.2) is 6.10 Å². The van der Waals surface area contributed by atoms with Gasteiger partial charge in [0.05, 0.1) is 6.04 Å². The lowest BCUT2D eigenvalue weighted by molar-refractivity contribution is -0.132. The maximum atomic E-state index is 13.9.